The molecule has 0 aliphatic carbocycles. The predicted molar refractivity (Wildman–Crippen MR) is 68.8 cm³/mol. The zero-order chi connectivity index (χ0) is 14.5. The summed E-state index contributed by atoms with van der Waals surface area (Å²) in [5, 5.41) is 15.0. The zero-order valence-corrected chi connectivity index (χ0v) is 10.4. The van der Waals surface area contributed by atoms with Gasteiger partial charge in [-0.1, -0.05) is 6.07 Å². The molecule has 0 saturated heterocycles. The monoisotopic (exact) mass is 277 g/mol. The number of carbonyl (C=O) groups excluding carboxylic acids is 1. The summed E-state index contributed by atoms with van der Waals surface area (Å²) < 4.78 is 14.3. The van der Waals surface area contributed by atoms with Crippen LogP contribution in [0.25, 0.3) is 0 Å². The number of hydrogen-bond donors (Lipinski definition) is 2. The summed E-state index contributed by atoms with van der Waals surface area (Å²) in [7, 11) is 0. The number of halogens is 1. The number of aromatic nitrogens is 2. The van der Waals surface area contributed by atoms with Gasteiger partial charge in [-0.25, -0.2) is 4.39 Å². The number of amides is 1. The van der Waals surface area contributed by atoms with E-state index in [0.717, 1.165) is 0 Å². The minimum absolute atomic E-state index is 0.0915. The van der Waals surface area contributed by atoms with Crippen molar-refractivity contribution >= 4 is 17.6 Å². The number of anilines is 1. The molecule has 104 valence electrons. The number of hydrogen-bond acceptors (Lipinski definition) is 3. The number of carbonyl (C=O) groups is 2. The highest BCUT2D eigenvalue weighted by atomic mass is 19.1. The lowest BCUT2D eigenvalue weighted by atomic mass is 10.3. The SMILES string of the molecule is O=C(O)CCn1nccc1C(=O)Nc1cccc(F)c1. The fourth-order valence-corrected chi connectivity index (χ4v) is 1.67. The van der Waals surface area contributed by atoms with E-state index in [4.69, 9.17) is 5.11 Å². The van der Waals surface area contributed by atoms with Gasteiger partial charge in [-0.2, -0.15) is 5.10 Å². The molecule has 0 aliphatic heterocycles. The third-order valence-corrected chi connectivity index (χ3v) is 2.57. The summed E-state index contributed by atoms with van der Waals surface area (Å²) in [5.74, 6) is -1.90. The summed E-state index contributed by atoms with van der Waals surface area (Å²) in [6, 6.07) is 6.96. The third kappa shape index (κ3) is 3.41. The number of nitrogens with one attached hydrogen (secondary N) is 1. The van der Waals surface area contributed by atoms with E-state index in [0.29, 0.717) is 5.69 Å². The molecule has 7 heteroatoms. The van der Waals surface area contributed by atoms with Gasteiger partial charge in [-0.05, 0) is 24.3 Å². The van der Waals surface area contributed by atoms with Crippen LogP contribution in [0.15, 0.2) is 36.5 Å². The van der Waals surface area contributed by atoms with Gasteiger partial charge in [-0.15, -0.1) is 0 Å². The number of aliphatic carboxylic acids is 1. The molecule has 2 N–H and O–H groups in total. The average Bonchev–Trinajstić information content (AvgIpc) is 2.84. The van der Waals surface area contributed by atoms with Crippen molar-refractivity contribution in [2.45, 2.75) is 13.0 Å². The van der Waals surface area contributed by atoms with Gasteiger partial charge in [0, 0.05) is 11.9 Å². The fraction of sp³-hybridized carbons (Fsp3) is 0.154. The summed E-state index contributed by atoms with van der Waals surface area (Å²) in [5.41, 5.74) is 0.538. The predicted octanol–water partition coefficient (Wildman–Crippen LogP) is 1.75. The first-order chi connectivity index (χ1) is 9.56. The molecule has 1 aromatic carbocycles. The molecular formula is C13H12FN3O3. The van der Waals surface area contributed by atoms with Crippen LogP contribution in [0.3, 0.4) is 0 Å². The lowest BCUT2D eigenvalue weighted by Crippen LogP contribution is -2.19. The largest absolute Gasteiger partial charge is 0.481 e. The van der Waals surface area contributed by atoms with E-state index in [-0.39, 0.29) is 18.7 Å². The topological polar surface area (TPSA) is 84.2 Å². The maximum Gasteiger partial charge on any atom is 0.305 e. The number of benzene rings is 1. The average molecular weight is 277 g/mol. The van der Waals surface area contributed by atoms with Crippen molar-refractivity contribution in [1.29, 1.82) is 0 Å². The fourth-order valence-electron chi connectivity index (χ4n) is 1.67. The lowest BCUT2D eigenvalue weighted by Gasteiger charge is -2.07. The Morgan fingerprint density at radius 3 is 2.85 bits per heavy atom. The molecule has 6 nitrogen and oxygen atoms in total. The van der Waals surface area contributed by atoms with E-state index in [2.05, 4.69) is 10.4 Å². The van der Waals surface area contributed by atoms with Crippen molar-refractivity contribution in [1.82, 2.24) is 9.78 Å². The van der Waals surface area contributed by atoms with Gasteiger partial charge in [0.15, 0.2) is 0 Å². The summed E-state index contributed by atoms with van der Waals surface area (Å²) in [6.07, 6.45) is 1.27. The van der Waals surface area contributed by atoms with Crippen LogP contribution in [0.5, 0.6) is 0 Å². The van der Waals surface area contributed by atoms with Crippen molar-refractivity contribution in [3.05, 3.63) is 48.0 Å². The first-order valence-electron chi connectivity index (χ1n) is 5.87. The Bertz CT molecular complexity index is 639. The molecule has 1 aromatic heterocycles. The molecule has 0 atom stereocenters. The molecule has 2 aromatic rings. The van der Waals surface area contributed by atoms with Gasteiger partial charge in [-0.3, -0.25) is 14.3 Å². The molecule has 0 spiro atoms. The van der Waals surface area contributed by atoms with Crippen LogP contribution < -0.4 is 5.32 Å². The Morgan fingerprint density at radius 1 is 1.35 bits per heavy atom. The number of rotatable bonds is 5. The molecule has 1 heterocycles. The Balaban J connectivity index is 2.09. The van der Waals surface area contributed by atoms with Crippen LogP contribution in [-0.4, -0.2) is 26.8 Å². The quantitative estimate of drug-likeness (QED) is 0.872. The molecule has 0 unspecified atom stereocenters. The lowest BCUT2D eigenvalue weighted by molar-refractivity contribution is -0.137. The van der Waals surface area contributed by atoms with Gasteiger partial charge in [0.2, 0.25) is 0 Å². The molecule has 0 fully saturated rings. The second-order valence-electron chi connectivity index (χ2n) is 4.05. The van der Waals surface area contributed by atoms with Crippen LogP contribution in [0.2, 0.25) is 0 Å². The van der Waals surface area contributed by atoms with Gasteiger partial charge in [0.1, 0.15) is 11.5 Å². The summed E-state index contributed by atoms with van der Waals surface area (Å²) in [6.45, 7) is 0.0915. The number of carboxylic acid groups (broad SMARTS) is 1. The minimum Gasteiger partial charge on any atom is -0.481 e. The van der Waals surface area contributed by atoms with E-state index < -0.39 is 17.7 Å². The van der Waals surface area contributed by atoms with Crippen molar-refractivity contribution in [2.24, 2.45) is 0 Å². The summed E-state index contributed by atoms with van der Waals surface area (Å²) in [4.78, 5) is 22.5. The second-order valence-corrected chi connectivity index (χ2v) is 4.05. The third-order valence-electron chi connectivity index (χ3n) is 2.57. The van der Waals surface area contributed by atoms with Crippen molar-refractivity contribution in [3.8, 4) is 0 Å². The highest BCUT2D eigenvalue weighted by Crippen LogP contribution is 2.11. The number of nitrogens with zero attached hydrogens (tertiary/aromatic N) is 2. The molecule has 2 rings (SSSR count). The minimum atomic E-state index is -0.975. The van der Waals surface area contributed by atoms with Crippen LogP contribution in [0.4, 0.5) is 10.1 Å². The van der Waals surface area contributed by atoms with Crippen LogP contribution in [0, 0.1) is 5.82 Å². The Hall–Kier alpha value is -2.70. The maximum atomic E-state index is 13.0. The standard InChI is InChI=1S/C13H12FN3O3/c14-9-2-1-3-10(8-9)16-13(20)11-4-6-15-17(11)7-5-12(18)19/h1-4,6,8H,5,7H2,(H,16,20)(H,18,19). The number of carboxylic acids is 1. The highest BCUT2D eigenvalue weighted by Gasteiger charge is 2.13. The molecule has 20 heavy (non-hydrogen) atoms. The van der Waals surface area contributed by atoms with Crippen molar-refractivity contribution in [2.75, 3.05) is 5.32 Å². The zero-order valence-electron chi connectivity index (χ0n) is 10.4. The molecule has 0 saturated carbocycles. The van der Waals surface area contributed by atoms with Crippen LogP contribution in [0.1, 0.15) is 16.9 Å². The maximum absolute atomic E-state index is 13.0. The van der Waals surface area contributed by atoms with E-state index in [1.807, 2.05) is 0 Å². The Kier molecular flexibility index (Phi) is 4.09. The van der Waals surface area contributed by atoms with E-state index in [9.17, 15) is 14.0 Å². The highest BCUT2D eigenvalue weighted by molar-refractivity contribution is 6.03. The number of aryl methyl sites for hydroxylation is 1. The van der Waals surface area contributed by atoms with Crippen LogP contribution >= 0.6 is 0 Å². The Morgan fingerprint density at radius 2 is 2.15 bits per heavy atom. The van der Waals surface area contributed by atoms with Crippen molar-refractivity contribution < 1.29 is 19.1 Å². The van der Waals surface area contributed by atoms with Crippen molar-refractivity contribution in [3.63, 3.8) is 0 Å². The molecule has 0 radical (unpaired) electrons. The molecule has 1 amide bonds. The van der Waals surface area contributed by atoms with Crippen LogP contribution in [-0.2, 0) is 11.3 Å². The molecule has 0 aliphatic rings. The summed E-state index contributed by atoms with van der Waals surface area (Å²) >= 11 is 0. The molecular weight excluding hydrogens is 265 g/mol. The Labute approximate surface area is 113 Å². The molecule has 0 bridgehead atoms. The first kappa shape index (κ1) is 13.7. The smallest absolute Gasteiger partial charge is 0.305 e. The van der Waals surface area contributed by atoms with Gasteiger partial charge >= 0.3 is 5.97 Å². The normalized spacial score (nSPS) is 10.2. The van der Waals surface area contributed by atoms with E-state index in [1.165, 1.54) is 35.1 Å². The van der Waals surface area contributed by atoms with Gasteiger partial charge in [0.05, 0.1) is 13.0 Å². The van der Waals surface area contributed by atoms with Gasteiger partial charge in [0.25, 0.3) is 5.91 Å². The first-order valence-corrected chi connectivity index (χ1v) is 5.87. The van der Waals surface area contributed by atoms with E-state index >= 15 is 0 Å². The second kappa shape index (κ2) is 5.96. The van der Waals surface area contributed by atoms with Gasteiger partial charge < -0.3 is 10.4 Å². The van der Waals surface area contributed by atoms with E-state index in [1.54, 1.807) is 6.07 Å².